The molecule has 0 aliphatic heterocycles. The third-order valence-electron chi connectivity index (χ3n) is 7.74. The summed E-state index contributed by atoms with van der Waals surface area (Å²) in [5.74, 6) is -2.65. The Morgan fingerprint density at radius 1 is 0.869 bits per heavy atom. The number of fused-ring (bicyclic) bond motifs is 1. The summed E-state index contributed by atoms with van der Waals surface area (Å²) in [5, 5.41) is 64.2. The number of halogens is 1. The molecule has 0 radical (unpaired) electrons. The van der Waals surface area contributed by atoms with E-state index in [-0.39, 0.29) is 144 Å². The third kappa shape index (κ3) is 13.5. The quantitative estimate of drug-likeness (QED) is 0.0150. The minimum Gasteiger partial charge on any atom is -0.691 e. The van der Waals surface area contributed by atoms with Gasteiger partial charge in [-0.3, -0.25) is 19.1 Å². The maximum Gasteiger partial charge on any atom is 1.00 e. The molecule has 0 fully saturated rings. The number of carbonyl (C=O) groups is 2. The van der Waals surface area contributed by atoms with Gasteiger partial charge in [0.15, 0.2) is 27.9 Å². The largest absolute Gasteiger partial charge is 1.00 e. The molecule has 6 rings (SSSR count). The Balaban J connectivity index is 0.00000410. The second-order valence-electron chi connectivity index (χ2n) is 11.4. The molecule has 0 saturated heterocycles. The van der Waals surface area contributed by atoms with E-state index >= 15 is 0 Å². The average Bonchev–Trinajstić information content (AvgIpc) is 3.23. The number of phenolic OH excluding ortho intramolecular Hbond substituents is 1. The Hall–Kier alpha value is -3.90. The maximum atomic E-state index is 13.0. The Kier molecular flexibility index (Phi) is 19.2. The summed E-state index contributed by atoms with van der Waals surface area (Å²) in [4.78, 5) is 36.7. The molecule has 0 unspecified atom stereocenters. The molecule has 4 aromatic carbocycles. The Labute approximate surface area is 402 Å². The molecule has 6 aromatic rings. The van der Waals surface area contributed by atoms with E-state index in [1.54, 1.807) is 24.3 Å². The predicted octanol–water partition coefficient (Wildman–Crippen LogP) is -2.75. The number of anilines is 3. The second kappa shape index (κ2) is 23.5. The van der Waals surface area contributed by atoms with Gasteiger partial charge in [0.1, 0.15) is 5.69 Å². The van der Waals surface area contributed by atoms with Crippen molar-refractivity contribution in [2.75, 3.05) is 23.0 Å². The number of rotatable bonds is 18. The fourth-order valence-electron chi connectivity index (χ4n) is 5.05. The van der Waals surface area contributed by atoms with Crippen molar-refractivity contribution >= 4 is 97.2 Å². The van der Waals surface area contributed by atoms with Gasteiger partial charge in [-0.05, 0) is 99.8 Å². The Bertz CT molecular complexity index is 2640. The first-order valence-corrected chi connectivity index (χ1v) is 19.6. The van der Waals surface area contributed by atoms with Gasteiger partial charge in [0.2, 0.25) is 0 Å². The number of aromatic carboxylic acids is 1. The molecule has 2 aromatic heterocycles. The molecule has 0 aliphatic carbocycles. The van der Waals surface area contributed by atoms with Crippen LogP contribution in [-0.2, 0) is 32.8 Å². The van der Waals surface area contributed by atoms with Crippen LogP contribution in [0, 0.1) is 0 Å². The Morgan fingerprint density at radius 2 is 1.61 bits per heavy atom. The first kappa shape index (κ1) is 49.8. The van der Waals surface area contributed by atoms with Crippen molar-refractivity contribution in [3.05, 3.63) is 114 Å². The van der Waals surface area contributed by atoms with Crippen LogP contribution in [-0.4, -0.2) is 52.7 Å². The number of sulfone groups is 1. The van der Waals surface area contributed by atoms with Gasteiger partial charge >= 0.3 is 76.3 Å². The van der Waals surface area contributed by atoms with Crippen LogP contribution < -0.4 is 89.9 Å². The summed E-state index contributed by atoms with van der Waals surface area (Å²) >= 11 is 6.81. The van der Waals surface area contributed by atoms with Gasteiger partial charge in [-0.2, -0.15) is 14.4 Å². The van der Waals surface area contributed by atoms with E-state index in [4.69, 9.17) is 15.8 Å². The van der Waals surface area contributed by atoms with Crippen LogP contribution in [0.5, 0.6) is 5.75 Å². The zero-order valence-electron chi connectivity index (χ0n) is 31.3. The molecule has 2 heterocycles. The first-order valence-electron chi connectivity index (χ1n) is 16.2. The van der Waals surface area contributed by atoms with Crippen molar-refractivity contribution in [2.24, 2.45) is 10.2 Å². The van der Waals surface area contributed by atoms with Crippen LogP contribution in [0.15, 0.2) is 117 Å². The summed E-state index contributed by atoms with van der Waals surface area (Å²) in [6, 6.07) is 20.4. The number of nitrogens with one attached hydrogen (secondary N) is 2. The van der Waals surface area contributed by atoms with Crippen LogP contribution in [0.2, 0.25) is 5.28 Å². The van der Waals surface area contributed by atoms with Gasteiger partial charge in [-0.25, -0.2) is 13.0 Å². The molecule has 0 aliphatic rings. The normalized spacial score (nSPS) is 11.2. The fraction of sp³-hybridized carbons (Fsp3) is 0.0588. The van der Waals surface area contributed by atoms with Crippen LogP contribution in [0.25, 0.3) is 16.7 Å². The molecule has 0 saturated carbocycles. The van der Waals surface area contributed by atoms with Crippen molar-refractivity contribution in [2.45, 2.75) is 9.79 Å². The van der Waals surface area contributed by atoms with Gasteiger partial charge in [0, 0.05) is 27.9 Å². The van der Waals surface area contributed by atoms with E-state index in [2.05, 4.69) is 54.6 Å². The van der Waals surface area contributed by atoms with Crippen molar-refractivity contribution in [3.8, 4) is 11.7 Å². The average molecular weight is 929 g/mol. The number of azo groups is 1. The predicted molar refractivity (Wildman–Crippen MR) is 200 cm³/mol. The van der Waals surface area contributed by atoms with Gasteiger partial charge in [0.25, 0.3) is 5.91 Å². The van der Waals surface area contributed by atoms with E-state index in [0.29, 0.717) is 23.1 Å². The standard InChI is InChI=1S/C34H25ClN8O13S3.2Na/c35-32-38-33(40-34(39-32)43-12-10-20(11-13-43)31(46)47)37-24-9-6-21-16-27(57-55-53-48)28(29(44)26(21)18-24)42-41-22-7-4-19(5-8-22)30(45)36-23-2-1-3-25(17-23)59(50,51)15-14-52-58-56-54-49;;/h1-13,16-18H,14-15H2,(H5-,36,37,38,39,40,44,45,46,47,48,49);;/q;2*+1/p-2. The molecule has 1 amide bonds. The second-order valence-corrected chi connectivity index (χ2v) is 15.1. The zero-order valence-corrected chi connectivity index (χ0v) is 38.5. The van der Waals surface area contributed by atoms with Crippen molar-refractivity contribution in [1.82, 2.24) is 15.0 Å². The van der Waals surface area contributed by atoms with Crippen molar-refractivity contribution in [1.29, 1.82) is 0 Å². The number of aromatic hydroxyl groups is 1. The number of benzene rings is 4. The molecule has 304 valence electrons. The minimum absolute atomic E-state index is 0. The van der Waals surface area contributed by atoms with Crippen LogP contribution >= 0.6 is 36.0 Å². The zero-order chi connectivity index (χ0) is 41.9. The number of carbonyl (C=O) groups excluding carboxylic acids is 2. The summed E-state index contributed by atoms with van der Waals surface area (Å²) in [7, 11) is -3.83. The van der Waals surface area contributed by atoms with Crippen molar-refractivity contribution in [3.63, 3.8) is 0 Å². The number of aromatic nitrogens is 4. The van der Waals surface area contributed by atoms with E-state index < -0.39 is 27.5 Å². The van der Waals surface area contributed by atoms with E-state index in [1.807, 2.05) is 0 Å². The van der Waals surface area contributed by atoms with Gasteiger partial charge in [0.05, 0.1) is 58.2 Å². The van der Waals surface area contributed by atoms with E-state index in [0.717, 1.165) is 0 Å². The number of carboxylic acid groups (broad SMARTS) is 1. The molecule has 3 N–H and O–H groups in total. The number of hydrogen-bond acceptors (Lipinski definition) is 21. The van der Waals surface area contributed by atoms with Crippen LogP contribution in [0.4, 0.5) is 28.7 Å². The number of nitrogens with zero attached hydrogens (tertiary/aromatic N) is 6. The summed E-state index contributed by atoms with van der Waals surface area (Å²) in [5.41, 5.74) is 0.873. The third-order valence-corrected chi connectivity index (χ3v) is 10.6. The van der Waals surface area contributed by atoms with Gasteiger partial charge in [-0.1, -0.05) is 12.1 Å². The van der Waals surface area contributed by atoms with Gasteiger partial charge < -0.3 is 36.2 Å². The molecule has 0 bridgehead atoms. The van der Waals surface area contributed by atoms with E-state index in [9.17, 15) is 38.7 Å². The summed E-state index contributed by atoms with van der Waals surface area (Å²) in [6.45, 7) is -0.312. The smallest absolute Gasteiger partial charge is 0.691 e. The SMILES string of the molecule is O=C([O-])c1cc[n+](-c2nc(Cl)nc(Nc3ccc4cc(SOO[O-])c(N=Nc5ccc(C(=O)Nc6cccc(S(=O)(=O)CCOSOO[O-])c6)cc5)c(O)c4c3)n2)cc1.[Na+].[Na+]. The number of carboxylic acids is 1. The van der Waals surface area contributed by atoms with Gasteiger partial charge in [-0.15, -0.1) is 9.45 Å². The molecule has 21 nitrogen and oxygen atoms in total. The molecule has 0 atom stereocenters. The first-order chi connectivity index (χ1) is 28.4. The van der Waals surface area contributed by atoms with Crippen LogP contribution in [0.1, 0.15) is 20.7 Å². The van der Waals surface area contributed by atoms with E-state index in [1.165, 1.54) is 77.6 Å². The molecule has 0 spiro atoms. The monoisotopic (exact) mass is 928 g/mol. The molecular formula is C34H23ClN8Na2O13S3. The minimum atomic E-state index is -3.83. The molecule has 61 heavy (non-hydrogen) atoms. The maximum absolute atomic E-state index is 13.0. The number of hydrogen-bond donors (Lipinski definition) is 3. The topological polar surface area (TPSA) is 295 Å². The van der Waals surface area contributed by atoms with Crippen molar-refractivity contribution < 1.29 is 125 Å². The number of amides is 1. The Morgan fingerprint density at radius 3 is 2.31 bits per heavy atom. The molecule has 27 heteroatoms. The summed E-state index contributed by atoms with van der Waals surface area (Å²) in [6.07, 6.45) is 2.81. The molecular weight excluding hydrogens is 906 g/mol. The van der Waals surface area contributed by atoms with Crippen LogP contribution in [0.3, 0.4) is 0 Å². The fourth-order valence-corrected chi connectivity index (χ4v) is 7.15. The number of pyridine rings is 1. The summed E-state index contributed by atoms with van der Waals surface area (Å²) < 4.78 is 39.9. The number of phenols is 1.